The summed E-state index contributed by atoms with van der Waals surface area (Å²) >= 11 is 7.45. The summed E-state index contributed by atoms with van der Waals surface area (Å²) in [5.74, 6) is -0.241. The summed E-state index contributed by atoms with van der Waals surface area (Å²) in [5.41, 5.74) is 1.04. The Morgan fingerprint density at radius 1 is 1.40 bits per heavy atom. The van der Waals surface area contributed by atoms with E-state index in [0.717, 1.165) is 48.9 Å². The molecule has 1 amide bonds. The van der Waals surface area contributed by atoms with Crippen LogP contribution in [0.15, 0.2) is 23.1 Å². The zero-order valence-corrected chi connectivity index (χ0v) is 12.4. The van der Waals surface area contributed by atoms with Crippen molar-refractivity contribution in [1.82, 2.24) is 5.32 Å². The van der Waals surface area contributed by atoms with Crippen molar-refractivity contribution < 1.29 is 9.90 Å². The summed E-state index contributed by atoms with van der Waals surface area (Å²) < 4.78 is 0. The molecule has 2 fully saturated rings. The fraction of sp³-hybridized carbons (Fsp3) is 0.357. The van der Waals surface area contributed by atoms with Gasteiger partial charge in [-0.05, 0) is 25.0 Å². The van der Waals surface area contributed by atoms with Crippen molar-refractivity contribution in [2.24, 2.45) is 0 Å². The van der Waals surface area contributed by atoms with Gasteiger partial charge in [-0.15, -0.1) is 0 Å². The first-order chi connectivity index (χ1) is 9.65. The van der Waals surface area contributed by atoms with Gasteiger partial charge in [0, 0.05) is 18.7 Å². The second kappa shape index (κ2) is 5.68. The highest BCUT2D eigenvalue weighted by atomic mass is 35.5. The van der Waals surface area contributed by atoms with Crippen molar-refractivity contribution in [1.29, 1.82) is 0 Å². The van der Waals surface area contributed by atoms with E-state index in [4.69, 9.17) is 11.6 Å². The van der Waals surface area contributed by atoms with Crippen molar-refractivity contribution in [3.63, 3.8) is 0 Å². The summed E-state index contributed by atoms with van der Waals surface area (Å²) in [6.07, 6.45) is 4.13. The summed E-state index contributed by atoms with van der Waals surface area (Å²) in [6, 6.07) is 5.70. The molecular weight excluding hydrogens is 296 g/mol. The fourth-order valence-corrected chi connectivity index (χ4v) is 3.62. The third-order valence-electron chi connectivity index (χ3n) is 3.44. The van der Waals surface area contributed by atoms with Crippen LogP contribution < -0.4 is 10.2 Å². The average Bonchev–Trinajstić information content (AvgIpc) is 3.00. The van der Waals surface area contributed by atoms with Crippen molar-refractivity contribution in [2.75, 3.05) is 18.0 Å². The van der Waals surface area contributed by atoms with Gasteiger partial charge in [0.2, 0.25) is 0 Å². The Kier molecular flexibility index (Phi) is 3.92. The number of nitrogens with one attached hydrogen (secondary N) is 1. The van der Waals surface area contributed by atoms with E-state index in [0.29, 0.717) is 9.93 Å². The fourth-order valence-electron chi connectivity index (χ4n) is 2.55. The monoisotopic (exact) mass is 310 g/mol. The number of carbonyl (C=O) groups excluding carboxylic acids is 1. The number of carbonyl (C=O) groups is 1. The molecule has 1 aromatic carbocycles. The molecule has 0 spiro atoms. The number of rotatable bonds is 2. The number of amides is 1. The van der Waals surface area contributed by atoms with Crippen molar-refractivity contribution in [3.8, 4) is 0 Å². The van der Waals surface area contributed by atoms with Crippen LogP contribution in [-0.4, -0.2) is 29.7 Å². The SMILES string of the molecule is O=C1NC(O)S/C1=C\c1cccc(Cl)c1N1CCCC1. The predicted molar refractivity (Wildman–Crippen MR) is 82.6 cm³/mol. The number of nitrogens with zero attached hydrogens (tertiary/aromatic N) is 1. The molecule has 2 aliphatic heterocycles. The van der Waals surface area contributed by atoms with Gasteiger partial charge in [0.15, 0.2) is 5.56 Å². The number of thioether (sulfide) groups is 1. The zero-order valence-electron chi connectivity index (χ0n) is 10.8. The molecule has 0 bridgehead atoms. The number of hydrogen-bond donors (Lipinski definition) is 2. The second-order valence-electron chi connectivity index (χ2n) is 4.82. The number of aliphatic hydroxyl groups excluding tert-OH is 1. The van der Waals surface area contributed by atoms with E-state index in [9.17, 15) is 9.90 Å². The van der Waals surface area contributed by atoms with Crippen LogP contribution >= 0.6 is 23.4 Å². The number of para-hydroxylation sites is 1. The van der Waals surface area contributed by atoms with Gasteiger partial charge in [-0.2, -0.15) is 0 Å². The van der Waals surface area contributed by atoms with Gasteiger partial charge in [0.05, 0.1) is 15.6 Å². The Bertz CT molecular complexity index is 570. The number of anilines is 1. The molecular formula is C14H15ClN2O2S. The smallest absolute Gasteiger partial charge is 0.260 e. The highest BCUT2D eigenvalue weighted by molar-refractivity contribution is 8.05. The van der Waals surface area contributed by atoms with Crippen molar-refractivity contribution >= 4 is 41.0 Å². The molecule has 20 heavy (non-hydrogen) atoms. The quantitative estimate of drug-likeness (QED) is 0.824. The lowest BCUT2D eigenvalue weighted by atomic mass is 10.1. The number of benzene rings is 1. The standard InChI is InChI=1S/C14H15ClN2O2S/c15-10-5-3-4-9(12(10)17-6-1-2-7-17)8-11-13(18)16-14(19)20-11/h3-5,8,14,19H,1-2,6-7H2,(H,16,18)/b11-8-. The van der Waals surface area contributed by atoms with E-state index >= 15 is 0 Å². The van der Waals surface area contributed by atoms with Crippen LogP contribution in [0.4, 0.5) is 5.69 Å². The number of hydrogen-bond acceptors (Lipinski definition) is 4. The minimum Gasteiger partial charge on any atom is -0.370 e. The minimum atomic E-state index is -0.858. The van der Waals surface area contributed by atoms with Crippen LogP contribution in [0.3, 0.4) is 0 Å². The maximum Gasteiger partial charge on any atom is 0.260 e. The first-order valence-corrected chi connectivity index (χ1v) is 7.81. The third kappa shape index (κ3) is 2.66. The lowest BCUT2D eigenvalue weighted by Crippen LogP contribution is -2.23. The molecule has 3 rings (SSSR count). The van der Waals surface area contributed by atoms with Crippen molar-refractivity contribution in [2.45, 2.75) is 18.4 Å². The van der Waals surface area contributed by atoms with Gasteiger partial charge in [0.1, 0.15) is 0 Å². The van der Waals surface area contributed by atoms with Crippen LogP contribution in [0.1, 0.15) is 18.4 Å². The molecule has 2 N–H and O–H groups in total. The Balaban J connectivity index is 1.99. The molecule has 106 valence electrons. The molecule has 2 saturated heterocycles. The molecule has 2 heterocycles. The van der Waals surface area contributed by atoms with Gasteiger partial charge in [0.25, 0.3) is 5.91 Å². The van der Waals surface area contributed by atoms with E-state index in [1.165, 1.54) is 0 Å². The maximum absolute atomic E-state index is 11.7. The van der Waals surface area contributed by atoms with E-state index in [1.54, 1.807) is 6.08 Å². The van der Waals surface area contributed by atoms with Gasteiger partial charge >= 0.3 is 0 Å². The summed E-state index contributed by atoms with van der Waals surface area (Å²) in [4.78, 5) is 14.5. The van der Waals surface area contributed by atoms with Crippen molar-refractivity contribution in [3.05, 3.63) is 33.7 Å². The van der Waals surface area contributed by atoms with Crippen LogP contribution in [0.25, 0.3) is 6.08 Å². The summed E-state index contributed by atoms with van der Waals surface area (Å²) in [6.45, 7) is 1.98. The third-order valence-corrected chi connectivity index (χ3v) is 4.65. The molecule has 0 saturated carbocycles. The van der Waals surface area contributed by atoms with Crippen LogP contribution in [-0.2, 0) is 4.79 Å². The van der Waals surface area contributed by atoms with E-state index in [2.05, 4.69) is 10.2 Å². The molecule has 1 atom stereocenters. The molecule has 6 heteroatoms. The molecule has 2 aliphatic rings. The van der Waals surface area contributed by atoms with Gasteiger partial charge < -0.3 is 15.3 Å². The first kappa shape index (κ1) is 13.8. The topological polar surface area (TPSA) is 52.6 Å². The molecule has 1 unspecified atom stereocenters. The molecule has 4 nitrogen and oxygen atoms in total. The van der Waals surface area contributed by atoms with Crippen LogP contribution in [0.2, 0.25) is 5.02 Å². The second-order valence-corrected chi connectivity index (χ2v) is 6.35. The van der Waals surface area contributed by atoms with E-state index in [-0.39, 0.29) is 5.91 Å². The summed E-state index contributed by atoms with van der Waals surface area (Å²) in [7, 11) is 0. The van der Waals surface area contributed by atoms with Gasteiger partial charge in [-0.25, -0.2) is 0 Å². The van der Waals surface area contributed by atoms with E-state index in [1.807, 2.05) is 18.2 Å². The lowest BCUT2D eigenvalue weighted by molar-refractivity contribution is -0.117. The Morgan fingerprint density at radius 2 is 2.15 bits per heavy atom. The highest BCUT2D eigenvalue weighted by Crippen LogP contribution is 2.36. The average molecular weight is 311 g/mol. The first-order valence-electron chi connectivity index (χ1n) is 6.56. The Labute approximate surface area is 126 Å². The predicted octanol–water partition coefficient (Wildman–Crippen LogP) is 2.42. The van der Waals surface area contributed by atoms with Crippen LogP contribution in [0.5, 0.6) is 0 Å². The van der Waals surface area contributed by atoms with E-state index < -0.39 is 5.56 Å². The Hall–Kier alpha value is -1.17. The molecule has 1 aromatic rings. The molecule has 0 aliphatic carbocycles. The Morgan fingerprint density at radius 3 is 2.80 bits per heavy atom. The molecule has 0 radical (unpaired) electrons. The largest absolute Gasteiger partial charge is 0.370 e. The number of halogens is 1. The number of aliphatic hydroxyl groups is 1. The normalized spacial score (nSPS) is 24.5. The van der Waals surface area contributed by atoms with Gasteiger partial charge in [-0.1, -0.05) is 35.5 Å². The van der Waals surface area contributed by atoms with Crippen LogP contribution in [0, 0.1) is 0 Å². The minimum absolute atomic E-state index is 0.241. The zero-order chi connectivity index (χ0) is 14.1. The molecule has 0 aromatic heterocycles. The van der Waals surface area contributed by atoms with Gasteiger partial charge in [-0.3, -0.25) is 4.79 Å². The lowest BCUT2D eigenvalue weighted by Gasteiger charge is -2.21. The summed E-state index contributed by atoms with van der Waals surface area (Å²) in [5, 5.41) is 12.6. The highest BCUT2D eigenvalue weighted by Gasteiger charge is 2.26. The maximum atomic E-state index is 11.7.